The standard InChI is InChI=1S/C21H24O9/c1-8-6-12-14(9(2)18(23)28-12)17(29-20(25)21(4)10(3)30-21)15(22)11(19(24)26-5)7-13-16(8)27-13/h6-7,10,12-17,22H,2H2,1,3-5H3/b8-6+,11-7+/t10-,12+,13-,14+,15+,16+,17+,21-/m1/s1. The van der Waals surface area contributed by atoms with Crippen molar-refractivity contribution in [3.63, 3.8) is 0 Å². The van der Waals surface area contributed by atoms with E-state index in [1.165, 1.54) is 13.2 Å². The van der Waals surface area contributed by atoms with Crippen LogP contribution in [-0.2, 0) is 38.1 Å². The van der Waals surface area contributed by atoms with Gasteiger partial charge in [0.1, 0.15) is 30.5 Å². The van der Waals surface area contributed by atoms with Crippen molar-refractivity contribution in [2.45, 2.75) is 63.0 Å². The molecule has 3 saturated heterocycles. The highest BCUT2D eigenvalue weighted by Gasteiger charge is 2.59. The van der Waals surface area contributed by atoms with Crippen molar-refractivity contribution < 1.29 is 43.2 Å². The molecule has 1 aliphatic carbocycles. The van der Waals surface area contributed by atoms with Crippen LogP contribution in [-0.4, -0.2) is 72.3 Å². The van der Waals surface area contributed by atoms with Crippen LogP contribution in [0.2, 0.25) is 0 Å². The zero-order valence-corrected chi connectivity index (χ0v) is 17.1. The monoisotopic (exact) mass is 420 g/mol. The maximum atomic E-state index is 12.8. The lowest BCUT2D eigenvalue weighted by Crippen LogP contribution is -2.46. The summed E-state index contributed by atoms with van der Waals surface area (Å²) >= 11 is 0. The van der Waals surface area contributed by atoms with Crippen molar-refractivity contribution >= 4 is 17.9 Å². The zero-order valence-electron chi connectivity index (χ0n) is 17.1. The molecule has 0 spiro atoms. The summed E-state index contributed by atoms with van der Waals surface area (Å²) in [7, 11) is 1.18. The van der Waals surface area contributed by atoms with E-state index in [9.17, 15) is 19.5 Å². The van der Waals surface area contributed by atoms with Crippen molar-refractivity contribution in [2.75, 3.05) is 7.11 Å². The number of esters is 3. The van der Waals surface area contributed by atoms with E-state index in [0.717, 1.165) is 5.57 Å². The third-order valence-electron chi connectivity index (χ3n) is 6.20. The molecule has 4 rings (SSSR count). The van der Waals surface area contributed by atoms with Gasteiger partial charge in [-0.25, -0.2) is 14.4 Å². The molecule has 3 heterocycles. The number of ether oxygens (including phenoxy) is 5. The van der Waals surface area contributed by atoms with Crippen molar-refractivity contribution in [1.82, 2.24) is 0 Å². The molecule has 0 unspecified atom stereocenters. The Labute approximate surface area is 173 Å². The molecule has 0 aromatic rings. The van der Waals surface area contributed by atoms with Crippen LogP contribution < -0.4 is 0 Å². The first-order chi connectivity index (χ1) is 14.1. The maximum Gasteiger partial charge on any atom is 0.341 e. The van der Waals surface area contributed by atoms with Gasteiger partial charge in [-0.3, -0.25) is 0 Å². The van der Waals surface area contributed by atoms with Crippen LogP contribution >= 0.6 is 0 Å². The largest absolute Gasteiger partial charge is 0.466 e. The highest BCUT2D eigenvalue weighted by atomic mass is 16.7. The van der Waals surface area contributed by atoms with Gasteiger partial charge in [0.15, 0.2) is 5.60 Å². The van der Waals surface area contributed by atoms with E-state index in [-0.39, 0.29) is 23.4 Å². The second kappa shape index (κ2) is 7.04. The SMILES string of the molecule is C=C1C(=O)O[C@H]2/C=C(\C)[C@@H]3O[C@@H]3/C=C(/C(=O)OC)[C@H](O)[C@@H](OC(=O)[C@]3(C)O[C@@H]3C)[C@@H]12. The van der Waals surface area contributed by atoms with E-state index in [1.54, 1.807) is 19.9 Å². The Morgan fingerprint density at radius 3 is 2.53 bits per heavy atom. The lowest BCUT2D eigenvalue weighted by atomic mass is 9.83. The van der Waals surface area contributed by atoms with Gasteiger partial charge in [0, 0.05) is 5.57 Å². The number of carbonyl (C=O) groups excluding carboxylic acids is 3. The second-order valence-corrected chi connectivity index (χ2v) is 8.15. The van der Waals surface area contributed by atoms with Gasteiger partial charge >= 0.3 is 17.9 Å². The van der Waals surface area contributed by atoms with Crippen LogP contribution in [0.5, 0.6) is 0 Å². The predicted octanol–water partition coefficient (Wildman–Crippen LogP) is 0.361. The number of methoxy groups -OCH3 is 1. The minimum Gasteiger partial charge on any atom is -0.466 e. The summed E-state index contributed by atoms with van der Waals surface area (Å²) in [6.07, 6.45) is -1.75. The Morgan fingerprint density at radius 2 is 1.93 bits per heavy atom. The Hall–Kier alpha value is -2.49. The molecule has 4 aliphatic rings. The van der Waals surface area contributed by atoms with Gasteiger partial charge in [-0.05, 0) is 38.5 Å². The number of hydrogen-bond acceptors (Lipinski definition) is 9. The average molecular weight is 420 g/mol. The number of hydrogen-bond donors (Lipinski definition) is 1. The van der Waals surface area contributed by atoms with Crippen LogP contribution in [0.3, 0.4) is 0 Å². The third-order valence-corrected chi connectivity index (χ3v) is 6.20. The van der Waals surface area contributed by atoms with Crippen molar-refractivity contribution in [3.05, 3.63) is 35.5 Å². The van der Waals surface area contributed by atoms with Gasteiger partial charge in [0.05, 0.1) is 24.7 Å². The third kappa shape index (κ3) is 3.27. The molecule has 0 saturated carbocycles. The summed E-state index contributed by atoms with van der Waals surface area (Å²) in [6, 6.07) is 0. The number of aliphatic hydroxyl groups is 1. The Balaban J connectivity index is 1.77. The Kier molecular flexibility index (Phi) is 4.87. The highest BCUT2D eigenvalue weighted by Crippen LogP contribution is 2.42. The smallest absolute Gasteiger partial charge is 0.341 e. The summed E-state index contributed by atoms with van der Waals surface area (Å²) in [5.41, 5.74) is -0.473. The quantitative estimate of drug-likeness (QED) is 0.227. The van der Waals surface area contributed by atoms with Crippen molar-refractivity contribution in [1.29, 1.82) is 0 Å². The molecular formula is C21H24O9. The topological polar surface area (TPSA) is 124 Å². The molecule has 162 valence electrons. The molecule has 0 radical (unpaired) electrons. The fraction of sp³-hybridized carbons (Fsp3) is 0.571. The van der Waals surface area contributed by atoms with E-state index < -0.39 is 53.8 Å². The maximum absolute atomic E-state index is 12.8. The lowest BCUT2D eigenvalue weighted by Gasteiger charge is -2.31. The number of epoxide rings is 2. The summed E-state index contributed by atoms with van der Waals surface area (Å²) in [4.78, 5) is 37.5. The van der Waals surface area contributed by atoms with Crippen LogP contribution in [0.15, 0.2) is 35.5 Å². The van der Waals surface area contributed by atoms with E-state index in [1.807, 2.05) is 6.92 Å². The Bertz CT molecular complexity index is 887. The molecule has 3 aliphatic heterocycles. The highest BCUT2D eigenvalue weighted by molar-refractivity contribution is 5.93. The first-order valence-corrected chi connectivity index (χ1v) is 9.69. The first-order valence-electron chi connectivity index (χ1n) is 9.69. The normalized spacial score (nSPS) is 45.6. The minimum absolute atomic E-state index is 0.0360. The summed E-state index contributed by atoms with van der Waals surface area (Å²) in [5, 5.41) is 11.1. The molecule has 0 aromatic heterocycles. The van der Waals surface area contributed by atoms with Gasteiger partial charge in [-0.2, -0.15) is 0 Å². The van der Waals surface area contributed by atoms with Crippen molar-refractivity contribution in [2.24, 2.45) is 5.92 Å². The zero-order chi connectivity index (χ0) is 22.0. The van der Waals surface area contributed by atoms with Crippen molar-refractivity contribution in [3.8, 4) is 0 Å². The molecule has 0 aromatic carbocycles. The number of rotatable bonds is 3. The fourth-order valence-corrected chi connectivity index (χ4v) is 3.98. The van der Waals surface area contributed by atoms with Gasteiger partial charge < -0.3 is 28.8 Å². The molecule has 0 amide bonds. The van der Waals surface area contributed by atoms with E-state index in [0.29, 0.717) is 0 Å². The molecule has 9 heteroatoms. The lowest BCUT2D eigenvalue weighted by molar-refractivity contribution is -0.165. The van der Waals surface area contributed by atoms with Crippen LogP contribution in [0, 0.1) is 5.92 Å². The van der Waals surface area contributed by atoms with Crippen LogP contribution in [0.4, 0.5) is 0 Å². The predicted molar refractivity (Wildman–Crippen MR) is 99.9 cm³/mol. The van der Waals surface area contributed by atoms with Gasteiger partial charge in [-0.1, -0.05) is 6.58 Å². The summed E-state index contributed by atoms with van der Waals surface area (Å²) in [6.45, 7) is 8.86. The molecule has 8 atom stereocenters. The van der Waals surface area contributed by atoms with Gasteiger partial charge in [0.25, 0.3) is 0 Å². The van der Waals surface area contributed by atoms with Gasteiger partial charge in [0.2, 0.25) is 0 Å². The molecule has 30 heavy (non-hydrogen) atoms. The number of carbonyl (C=O) groups is 3. The van der Waals surface area contributed by atoms with Crippen LogP contribution in [0.25, 0.3) is 0 Å². The van der Waals surface area contributed by atoms with E-state index in [4.69, 9.17) is 23.7 Å². The van der Waals surface area contributed by atoms with E-state index in [2.05, 4.69) is 6.58 Å². The molecule has 3 fully saturated rings. The Morgan fingerprint density at radius 1 is 1.27 bits per heavy atom. The van der Waals surface area contributed by atoms with E-state index >= 15 is 0 Å². The summed E-state index contributed by atoms with van der Waals surface area (Å²) in [5.74, 6) is -3.09. The summed E-state index contributed by atoms with van der Waals surface area (Å²) < 4.78 is 26.8. The number of aliphatic hydroxyl groups excluding tert-OH is 1. The van der Waals surface area contributed by atoms with Crippen LogP contribution in [0.1, 0.15) is 20.8 Å². The minimum atomic E-state index is -1.60. The first kappa shape index (κ1) is 20.8. The second-order valence-electron chi connectivity index (χ2n) is 8.15. The molecule has 0 bridgehead atoms. The molecular weight excluding hydrogens is 396 g/mol. The fourth-order valence-electron chi connectivity index (χ4n) is 3.98. The molecule has 1 N–H and O–H groups in total. The van der Waals surface area contributed by atoms with Gasteiger partial charge in [-0.15, -0.1) is 0 Å². The molecule has 9 nitrogen and oxygen atoms in total. The average Bonchev–Trinajstić information content (AvgIpc) is 3.58. The number of fused-ring (bicyclic) bond motifs is 2.